The number of aryl methyl sites for hydroxylation is 2. The van der Waals surface area contributed by atoms with Crippen molar-refractivity contribution in [2.24, 2.45) is 0 Å². The van der Waals surface area contributed by atoms with Gasteiger partial charge in [0.2, 0.25) is 0 Å². The van der Waals surface area contributed by atoms with Crippen molar-refractivity contribution < 1.29 is 4.74 Å². The summed E-state index contributed by atoms with van der Waals surface area (Å²) in [5.74, 6) is 0.946. The van der Waals surface area contributed by atoms with Crippen molar-refractivity contribution >= 4 is 27.3 Å². The molecule has 2 aromatic rings. The normalized spacial score (nSPS) is 15.7. The molecule has 1 unspecified atom stereocenters. The van der Waals surface area contributed by atoms with Gasteiger partial charge in [-0.1, -0.05) is 28.1 Å². The number of hydrogen-bond donors (Lipinski definition) is 0. The van der Waals surface area contributed by atoms with E-state index in [1.54, 1.807) is 10.4 Å². The predicted octanol–water partition coefficient (Wildman–Crippen LogP) is 5.51. The number of fused-ring (bicyclic) bond motifs is 1. The van der Waals surface area contributed by atoms with E-state index in [4.69, 9.17) is 4.74 Å². The number of thiophene rings is 1. The van der Waals surface area contributed by atoms with Crippen LogP contribution in [-0.4, -0.2) is 6.61 Å². The smallest absolute Gasteiger partial charge is 0.119 e. The minimum absolute atomic E-state index is 0.300. The molecule has 1 aromatic heterocycles. The lowest BCUT2D eigenvalue weighted by Gasteiger charge is -2.09. The molecule has 1 nitrogen and oxygen atoms in total. The molecule has 1 aliphatic carbocycles. The van der Waals surface area contributed by atoms with Gasteiger partial charge >= 0.3 is 0 Å². The summed E-state index contributed by atoms with van der Waals surface area (Å²) in [6.07, 6.45) is 5.22. The number of alkyl halides is 1. The van der Waals surface area contributed by atoms with Crippen molar-refractivity contribution in [3.05, 3.63) is 51.2 Å². The fraction of sp³-hybridized carbons (Fsp3) is 0.412. The van der Waals surface area contributed by atoms with E-state index in [9.17, 15) is 0 Å². The zero-order valence-electron chi connectivity index (χ0n) is 11.7. The van der Waals surface area contributed by atoms with Crippen LogP contribution in [0.2, 0.25) is 0 Å². The molecule has 0 radical (unpaired) electrons. The van der Waals surface area contributed by atoms with Crippen LogP contribution in [0, 0.1) is 0 Å². The summed E-state index contributed by atoms with van der Waals surface area (Å²) in [4.78, 5) is 3.33. The predicted molar refractivity (Wildman–Crippen MR) is 89.3 cm³/mol. The van der Waals surface area contributed by atoms with E-state index in [0.29, 0.717) is 11.4 Å². The van der Waals surface area contributed by atoms with Crippen molar-refractivity contribution in [2.45, 2.75) is 37.4 Å². The summed E-state index contributed by atoms with van der Waals surface area (Å²) in [7, 11) is 0. The Morgan fingerprint density at radius 2 is 1.95 bits per heavy atom. The maximum absolute atomic E-state index is 5.50. The lowest BCUT2D eigenvalue weighted by atomic mass is 9.99. The molecular weight excluding hydrogens is 332 g/mol. The van der Waals surface area contributed by atoms with Gasteiger partial charge in [-0.05, 0) is 61.9 Å². The third-order valence-electron chi connectivity index (χ3n) is 3.75. The third-order valence-corrected chi connectivity index (χ3v) is 6.38. The van der Waals surface area contributed by atoms with Gasteiger partial charge in [-0.2, -0.15) is 0 Å². The topological polar surface area (TPSA) is 9.23 Å². The lowest BCUT2D eigenvalue weighted by molar-refractivity contribution is 0.340. The van der Waals surface area contributed by atoms with Crippen LogP contribution < -0.4 is 4.74 Å². The highest BCUT2D eigenvalue weighted by Gasteiger charge is 2.18. The molecule has 0 aliphatic heterocycles. The highest BCUT2D eigenvalue weighted by molar-refractivity contribution is 9.09. The summed E-state index contributed by atoms with van der Waals surface area (Å²) in [5, 5.41) is 0. The van der Waals surface area contributed by atoms with E-state index in [0.717, 1.165) is 5.75 Å². The molecule has 20 heavy (non-hydrogen) atoms. The van der Waals surface area contributed by atoms with Crippen LogP contribution in [0.15, 0.2) is 30.3 Å². The Morgan fingerprint density at radius 1 is 1.20 bits per heavy atom. The first-order valence-corrected chi connectivity index (χ1v) is 8.99. The molecule has 0 fully saturated rings. The van der Waals surface area contributed by atoms with Gasteiger partial charge in [0.1, 0.15) is 5.75 Å². The van der Waals surface area contributed by atoms with Crippen LogP contribution >= 0.6 is 27.3 Å². The van der Waals surface area contributed by atoms with Crippen molar-refractivity contribution in [2.75, 3.05) is 6.61 Å². The molecule has 1 atom stereocenters. The van der Waals surface area contributed by atoms with Gasteiger partial charge < -0.3 is 4.74 Å². The van der Waals surface area contributed by atoms with E-state index in [1.807, 2.05) is 18.3 Å². The van der Waals surface area contributed by atoms with Gasteiger partial charge in [0.05, 0.1) is 11.4 Å². The Hall–Kier alpha value is -0.800. The fourth-order valence-electron chi connectivity index (χ4n) is 2.70. The average molecular weight is 351 g/mol. The minimum Gasteiger partial charge on any atom is -0.494 e. The van der Waals surface area contributed by atoms with Crippen molar-refractivity contribution in [3.8, 4) is 5.75 Å². The number of benzene rings is 1. The molecular formula is C17H19BrOS. The highest BCUT2D eigenvalue weighted by atomic mass is 79.9. The van der Waals surface area contributed by atoms with E-state index < -0.39 is 0 Å². The molecule has 0 bridgehead atoms. The van der Waals surface area contributed by atoms with E-state index in [-0.39, 0.29) is 0 Å². The molecule has 0 saturated heterocycles. The summed E-state index contributed by atoms with van der Waals surface area (Å²) < 4.78 is 5.50. The van der Waals surface area contributed by atoms with Gasteiger partial charge in [0.15, 0.2) is 0 Å². The second-order valence-corrected chi connectivity index (χ2v) is 7.25. The molecule has 0 N–H and O–H groups in total. The second-order valence-electron chi connectivity index (χ2n) is 5.17. The summed E-state index contributed by atoms with van der Waals surface area (Å²) in [6, 6.07) is 10.8. The van der Waals surface area contributed by atoms with Crippen LogP contribution in [0.5, 0.6) is 5.75 Å². The number of halogens is 1. The molecule has 1 aliphatic rings. The van der Waals surface area contributed by atoms with Gasteiger partial charge in [-0.15, -0.1) is 11.3 Å². The standard InChI is InChI=1S/C17H19BrOS/c1-2-19-14-9-7-12(8-10-14)17(18)16-11-13-5-3-4-6-15(13)20-16/h7-11,17H,2-6H2,1H3. The quantitative estimate of drug-likeness (QED) is 0.660. The summed E-state index contributed by atoms with van der Waals surface area (Å²) >= 11 is 5.83. The summed E-state index contributed by atoms with van der Waals surface area (Å²) in [6.45, 7) is 2.73. The molecule has 0 amide bonds. The molecule has 0 saturated carbocycles. The van der Waals surface area contributed by atoms with E-state index in [2.05, 4.69) is 46.3 Å². The van der Waals surface area contributed by atoms with Crippen LogP contribution in [0.4, 0.5) is 0 Å². The zero-order chi connectivity index (χ0) is 13.9. The highest BCUT2D eigenvalue weighted by Crippen LogP contribution is 2.39. The minimum atomic E-state index is 0.300. The second kappa shape index (κ2) is 6.31. The number of rotatable bonds is 4. The van der Waals surface area contributed by atoms with E-state index >= 15 is 0 Å². The first-order chi connectivity index (χ1) is 9.78. The van der Waals surface area contributed by atoms with Crippen LogP contribution in [0.3, 0.4) is 0 Å². The van der Waals surface area contributed by atoms with E-state index in [1.165, 1.54) is 36.1 Å². The maximum Gasteiger partial charge on any atom is 0.119 e. The van der Waals surface area contributed by atoms with Crippen LogP contribution in [0.1, 0.15) is 45.5 Å². The average Bonchev–Trinajstić information content (AvgIpc) is 2.91. The van der Waals surface area contributed by atoms with Gasteiger partial charge in [-0.3, -0.25) is 0 Å². The van der Waals surface area contributed by atoms with Crippen molar-refractivity contribution in [1.82, 2.24) is 0 Å². The Kier molecular flexibility index (Phi) is 4.47. The first kappa shape index (κ1) is 14.2. The maximum atomic E-state index is 5.50. The summed E-state index contributed by atoms with van der Waals surface area (Å²) in [5.41, 5.74) is 2.87. The monoisotopic (exact) mass is 350 g/mol. The van der Waals surface area contributed by atoms with Gasteiger partial charge in [0, 0.05) is 9.75 Å². The van der Waals surface area contributed by atoms with Crippen LogP contribution in [-0.2, 0) is 12.8 Å². The Labute approximate surface area is 133 Å². The zero-order valence-corrected chi connectivity index (χ0v) is 14.1. The molecule has 3 heteroatoms. The molecule has 1 aromatic carbocycles. The van der Waals surface area contributed by atoms with Crippen molar-refractivity contribution in [1.29, 1.82) is 0 Å². The Morgan fingerprint density at radius 3 is 2.65 bits per heavy atom. The van der Waals surface area contributed by atoms with Crippen LogP contribution in [0.25, 0.3) is 0 Å². The third kappa shape index (κ3) is 2.94. The number of ether oxygens (including phenoxy) is 1. The molecule has 1 heterocycles. The molecule has 106 valence electrons. The first-order valence-electron chi connectivity index (χ1n) is 7.26. The lowest BCUT2D eigenvalue weighted by Crippen LogP contribution is -1.96. The number of hydrogen-bond acceptors (Lipinski definition) is 2. The molecule has 0 spiro atoms. The van der Waals surface area contributed by atoms with Gasteiger partial charge in [-0.25, -0.2) is 0 Å². The SMILES string of the molecule is CCOc1ccc(C(Br)c2cc3c(s2)CCCC3)cc1. The fourth-order valence-corrected chi connectivity index (χ4v) is 4.68. The Balaban J connectivity index is 1.80. The van der Waals surface area contributed by atoms with Crippen molar-refractivity contribution in [3.63, 3.8) is 0 Å². The molecule has 3 rings (SSSR count). The van der Waals surface area contributed by atoms with Gasteiger partial charge in [0.25, 0.3) is 0 Å². The largest absolute Gasteiger partial charge is 0.494 e. The Bertz CT molecular complexity index is 550.